The van der Waals surface area contributed by atoms with Gasteiger partial charge in [0.25, 0.3) is 0 Å². The Balaban J connectivity index is 1.86. The fraction of sp³-hybridized carbons (Fsp3) is 1.00. The second kappa shape index (κ2) is 3.58. The quantitative estimate of drug-likeness (QED) is 0.711. The van der Waals surface area contributed by atoms with E-state index >= 15 is 0 Å². The lowest BCUT2D eigenvalue weighted by Crippen LogP contribution is -2.57. The van der Waals surface area contributed by atoms with Crippen molar-refractivity contribution >= 4 is 0 Å². The number of nitrogens with zero attached hydrogens (tertiary/aromatic N) is 1. The second-order valence-corrected chi connectivity index (χ2v) is 5.09. The van der Waals surface area contributed by atoms with Crippen molar-refractivity contribution in [3.63, 3.8) is 0 Å². The summed E-state index contributed by atoms with van der Waals surface area (Å²) < 4.78 is 0. The molecule has 0 aromatic heterocycles. The molecule has 2 heteroatoms. The Bertz CT molecular complexity index is 175. The molecule has 2 heterocycles. The van der Waals surface area contributed by atoms with Crippen LogP contribution in [0.5, 0.6) is 0 Å². The van der Waals surface area contributed by atoms with Crippen molar-refractivity contribution < 1.29 is 0 Å². The maximum atomic E-state index is 3.38. The van der Waals surface area contributed by atoms with Crippen LogP contribution in [-0.4, -0.2) is 37.1 Å². The van der Waals surface area contributed by atoms with Crippen molar-refractivity contribution in [1.82, 2.24) is 10.2 Å². The van der Waals surface area contributed by atoms with Gasteiger partial charge in [0.15, 0.2) is 0 Å². The average molecular weight is 182 g/mol. The summed E-state index contributed by atoms with van der Waals surface area (Å²) >= 11 is 0. The van der Waals surface area contributed by atoms with E-state index in [9.17, 15) is 0 Å². The van der Waals surface area contributed by atoms with Gasteiger partial charge in [-0.2, -0.15) is 0 Å². The van der Waals surface area contributed by atoms with E-state index in [4.69, 9.17) is 0 Å². The molecule has 13 heavy (non-hydrogen) atoms. The van der Waals surface area contributed by atoms with Crippen LogP contribution in [0.15, 0.2) is 0 Å². The van der Waals surface area contributed by atoms with E-state index in [1.165, 1.54) is 45.4 Å². The summed E-state index contributed by atoms with van der Waals surface area (Å²) in [7, 11) is 0. The van der Waals surface area contributed by atoms with Gasteiger partial charge in [-0.3, -0.25) is 4.90 Å². The molecule has 0 amide bonds. The van der Waals surface area contributed by atoms with E-state index in [0.29, 0.717) is 5.41 Å². The highest BCUT2D eigenvalue weighted by Gasteiger charge is 2.36. The Hall–Kier alpha value is -0.0800. The van der Waals surface area contributed by atoms with Gasteiger partial charge in [0.1, 0.15) is 0 Å². The largest absolute Gasteiger partial charge is 0.315 e. The predicted octanol–water partition coefficient (Wildman–Crippen LogP) is 1.47. The lowest BCUT2D eigenvalue weighted by atomic mass is 9.83. The minimum absolute atomic E-state index is 0.581. The van der Waals surface area contributed by atoms with Gasteiger partial charge in [-0.15, -0.1) is 0 Å². The molecule has 0 radical (unpaired) electrons. The predicted molar refractivity (Wildman–Crippen MR) is 55.9 cm³/mol. The monoisotopic (exact) mass is 182 g/mol. The molecular formula is C11H22N2. The molecule has 2 fully saturated rings. The van der Waals surface area contributed by atoms with E-state index in [-0.39, 0.29) is 0 Å². The van der Waals surface area contributed by atoms with Crippen LogP contribution in [0.2, 0.25) is 0 Å². The fourth-order valence-electron chi connectivity index (χ4n) is 2.72. The number of hydrogen-bond donors (Lipinski definition) is 1. The fourth-order valence-corrected chi connectivity index (χ4v) is 2.72. The molecule has 0 bridgehead atoms. The van der Waals surface area contributed by atoms with Crippen LogP contribution in [0.1, 0.15) is 33.1 Å². The third kappa shape index (κ3) is 1.89. The molecule has 2 rings (SSSR count). The maximum Gasteiger partial charge on any atom is 0.00933 e. The van der Waals surface area contributed by atoms with Crippen LogP contribution >= 0.6 is 0 Å². The standard InChI is InChI=1S/C11H22N2/c1-3-10-5-4-6-13(10)9-11(2)7-12-8-11/h10,12H,3-9H2,1-2H3. The minimum Gasteiger partial charge on any atom is -0.315 e. The molecule has 0 aromatic rings. The summed E-state index contributed by atoms with van der Waals surface area (Å²) in [4.78, 5) is 2.71. The maximum absolute atomic E-state index is 3.38. The normalized spacial score (nSPS) is 33.2. The highest BCUT2D eigenvalue weighted by molar-refractivity contribution is 4.93. The average Bonchev–Trinajstić information content (AvgIpc) is 2.49. The number of likely N-dealkylation sites (tertiary alicyclic amines) is 1. The Kier molecular flexibility index (Phi) is 2.61. The van der Waals surface area contributed by atoms with Gasteiger partial charge in [0.05, 0.1) is 0 Å². The molecule has 2 aliphatic rings. The highest BCUT2D eigenvalue weighted by Crippen LogP contribution is 2.28. The zero-order valence-electron chi connectivity index (χ0n) is 8.97. The molecule has 1 unspecified atom stereocenters. The first-order valence-electron chi connectivity index (χ1n) is 5.68. The van der Waals surface area contributed by atoms with Gasteiger partial charge in [0, 0.05) is 31.1 Å². The highest BCUT2D eigenvalue weighted by atomic mass is 15.2. The summed E-state index contributed by atoms with van der Waals surface area (Å²) in [6, 6.07) is 0.887. The number of rotatable bonds is 3. The lowest BCUT2D eigenvalue weighted by molar-refractivity contribution is 0.0990. The van der Waals surface area contributed by atoms with Gasteiger partial charge >= 0.3 is 0 Å². The van der Waals surface area contributed by atoms with Crippen LogP contribution < -0.4 is 5.32 Å². The molecule has 2 nitrogen and oxygen atoms in total. The molecule has 1 atom stereocenters. The molecular weight excluding hydrogens is 160 g/mol. The number of hydrogen-bond acceptors (Lipinski definition) is 2. The first kappa shape index (κ1) is 9.47. The molecule has 2 aliphatic heterocycles. The van der Waals surface area contributed by atoms with Gasteiger partial charge in [-0.05, 0) is 25.8 Å². The van der Waals surface area contributed by atoms with Crippen molar-refractivity contribution in [2.75, 3.05) is 26.2 Å². The van der Waals surface area contributed by atoms with Crippen molar-refractivity contribution in [2.45, 2.75) is 39.2 Å². The summed E-state index contributed by atoms with van der Waals surface area (Å²) in [5.41, 5.74) is 0.581. The molecule has 76 valence electrons. The lowest BCUT2D eigenvalue weighted by Gasteiger charge is -2.43. The Labute approximate surface area is 81.7 Å². The van der Waals surface area contributed by atoms with Gasteiger partial charge in [-0.1, -0.05) is 13.8 Å². The third-order valence-corrected chi connectivity index (χ3v) is 3.66. The van der Waals surface area contributed by atoms with Crippen molar-refractivity contribution in [2.24, 2.45) is 5.41 Å². The SMILES string of the molecule is CCC1CCCN1CC1(C)CNC1. The summed E-state index contributed by atoms with van der Waals surface area (Å²) in [6.45, 7) is 9.84. The summed E-state index contributed by atoms with van der Waals surface area (Å²) in [5, 5.41) is 3.38. The molecule has 0 aromatic carbocycles. The molecule has 1 N–H and O–H groups in total. The summed E-state index contributed by atoms with van der Waals surface area (Å²) in [5.74, 6) is 0. The van der Waals surface area contributed by atoms with E-state index in [2.05, 4.69) is 24.1 Å². The van der Waals surface area contributed by atoms with Crippen LogP contribution in [0.4, 0.5) is 0 Å². The van der Waals surface area contributed by atoms with Gasteiger partial charge in [0.2, 0.25) is 0 Å². The van der Waals surface area contributed by atoms with Crippen LogP contribution in [-0.2, 0) is 0 Å². The van der Waals surface area contributed by atoms with Crippen molar-refractivity contribution in [3.05, 3.63) is 0 Å². The van der Waals surface area contributed by atoms with Gasteiger partial charge < -0.3 is 5.32 Å². The van der Waals surface area contributed by atoms with E-state index in [1.807, 2.05) is 0 Å². The molecule has 0 spiro atoms. The smallest absolute Gasteiger partial charge is 0.00933 e. The van der Waals surface area contributed by atoms with E-state index < -0.39 is 0 Å². The van der Waals surface area contributed by atoms with Crippen molar-refractivity contribution in [3.8, 4) is 0 Å². The van der Waals surface area contributed by atoms with Crippen LogP contribution in [0.3, 0.4) is 0 Å². The first-order valence-corrected chi connectivity index (χ1v) is 5.68. The van der Waals surface area contributed by atoms with E-state index in [1.54, 1.807) is 0 Å². The van der Waals surface area contributed by atoms with E-state index in [0.717, 1.165) is 6.04 Å². The Morgan fingerprint density at radius 1 is 1.46 bits per heavy atom. The van der Waals surface area contributed by atoms with Crippen molar-refractivity contribution in [1.29, 1.82) is 0 Å². The minimum atomic E-state index is 0.581. The topological polar surface area (TPSA) is 15.3 Å². The zero-order chi connectivity index (χ0) is 9.31. The zero-order valence-corrected chi connectivity index (χ0v) is 8.97. The Morgan fingerprint density at radius 2 is 2.23 bits per heavy atom. The number of nitrogens with one attached hydrogen (secondary N) is 1. The second-order valence-electron chi connectivity index (χ2n) is 5.09. The van der Waals surface area contributed by atoms with Crippen LogP contribution in [0, 0.1) is 5.41 Å². The molecule has 0 saturated carbocycles. The Morgan fingerprint density at radius 3 is 2.77 bits per heavy atom. The third-order valence-electron chi connectivity index (χ3n) is 3.66. The first-order chi connectivity index (χ1) is 6.23. The van der Waals surface area contributed by atoms with Gasteiger partial charge in [-0.25, -0.2) is 0 Å². The van der Waals surface area contributed by atoms with Crippen LogP contribution in [0.25, 0.3) is 0 Å². The molecule has 0 aliphatic carbocycles. The molecule has 2 saturated heterocycles. The summed E-state index contributed by atoms with van der Waals surface area (Å²) in [6.07, 6.45) is 4.19.